The Morgan fingerprint density at radius 2 is 2.00 bits per heavy atom. The first kappa shape index (κ1) is 18.3. The van der Waals surface area contributed by atoms with Crippen LogP contribution >= 0.6 is 28.1 Å². The van der Waals surface area contributed by atoms with Gasteiger partial charge in [0, 0.05) is 10.7 Å². The first-order valence-corrected chi connectivity index (χ1v) is 9.17. The molecule has 0 radical (unpaired) electrons. The minimum atomic E-state index is -0.493. The summed E-state index contributed by atoms with van der Waals surface area (Å²) in [6.07, 6.45) is 2.25. The Balaban J connectivity index is 2.09. The highest BCUT2D eigenvalue weighted by molar-refractivity contribution is 9.10. The quantitative estimate of drug-likeness (QED) is 0.467. The van der Waals surface area contributed by atoms with Gasteiger partial charge in [0.15, 0.2) is 4.77 Å². The number of aromatic amines is 1. The van der Waals surface area contributed by atoms with Gasteiger partial charge in [-0.25, -0.2) is 0 Å². The van der Waals surface area contributed by atoms with Crippen LogP contribution in [0.4, 0.5) is 5.69 Å². The minimum absolute atomic E-state index is 0.0399. The molecule has 0 aliphatic rings. The Labute approximate surface area is 163 Å². The van der Waals surface area contributed by atoms with E-state index >= 15 is 0 Å². The molecule has 2 N–H and O–H groups in total. The molecule has 7 heteroatoms. The molecule has 0 saturated heterocycles. The topological polar surface area (TPSA) is 70.4 Å². The molecular formula is C19H16BrN3O2S. The number of hydrogen-bond acceptors (Lipinski definition) is 4. The van der Waals surface area contributed by atoms with Crippen LogP contribution in [0.15, 0.2) is 62.8 Å². The fourth-order valence-electron chi connectivity index (χ4n) is 2.47. The van der Waals surface area contributed by atoms with Gasteiger partial charge in [0.05, 0.1) is 11.4 Å². The standard InChI is InChI=1S/C19H16BrN3O2S/c1-2-12-6-8-15(9-7-12)23-18(25)16(17(24)22-19(23)26)11-21-14-5-3-4-13(20)10-14/h3-11,25H,2H2,1H3,(H,22,24,26). The Bertz CT molecular complexity index is 1090. The molecule has 3 aromatic rings. The van der Waals surface area contributed by atoms with Crippen molar-refractivity contribution in [1.29, 1.82) is 0 Å². The van der Waals surface area contributed by atoms with Crippen LogP contribution in [0.1, 0.15) is 18.1 Å². The average molecular weight is 430 g/mol. The average Bonchev–Trinajstić information content (AvgIpc) is 2.62. The van der Waals surface area contributed by atoms with E-state index in [-0.39, 0.29) is 16.2 Å². The number of aromatic nitrogens is 2. The molecule has 0 saturated carbocycles. The third-order valence-electron chi connectivity index (χ3n) is 3.87. The Kier molecular flexibility index (Phi) is 5.49. The Morgan fingerprint density at radius 3 is 2.65 bits per heavy atom. The maximum atomic E-state index is 12.2. The van der Waals surface area contributed by atoms with Crippen molar-refractivity contribution >= 4 is 40.0 Å². The molecule has 3 rings (SSSR count). The molecule has 5 nitrogen and oxygen atoms in total. The van der Waals surface area contributed by atoms with Gasteiger partial charge in [0.25, 0.3) is 5.56 Å². The van der Waals surface area contributed by atoms with Crippen LogP contribution in [0.2, 0.25) is 0 Å². The number of aryl methyl sites for hydroxylation is 1. The molecule has 0 bridgehead atoms. The van der Waals surface area contributed by atoms with Crippen LogP contribution < -0.4 is 5.56 Å². The normalized spacial score (nSPS) is 11.2. The smallest absolute Gasteiger partial charge is 0.264 e. The predicted octanol–water partition coefficient (Wildman–Crippen LogP) is 4.68. The van der Waals surface area contributed by atoms with Crippen molar-refractivity contribution in [3.63, 3.8) is 0 Å². The number of rotatable bonds is 4. The highest BCUT2D eigenvalue weighted by Gasteiger charge is 2.12. The largest absolute Gasteiger partial charge is 0.494 e. The van der Waals surface area contributed by atoms with Gasteiger partial charge >= 0.3 is 0 Å². The summed E-state index contributed by atoms with van der Waals surface area (Å²) >= 11 is 8.59. The van der Waals surface area contributed by atoms with Crippen LogP contribution in [0.5, 0.6) is 5.88 Å². The van der Waals surface area contributed by atoms with Crippen LogP contribution in [0.25, 0.3) is 5.69 Å². The summed E-state index contributed by atoms with van der Waals surface area (Å²) in [6.45, 7) is 2.06. The minimum Gasteiger partial charge on any atom is -0.494 e. The Morgan fingerprint density at radius 1 is 1.27 bits per heavy atom. The van der Waals surface area contributed by atoms with Gasteiger partial charge in [0.2, 0.25) is 5.88 Å². The van der Waals surface area contributed by atoms with E-state index in [1.54, 1.807) is 12.1 Å². The fraction of sp³-hybridized carbons (Fsp3) is 0.105. The summed E-state index contributed by atoms with van der Waals surface area (Å²) < 4.78 is 2.41. The van der Waals surface area contributed by atoms with Crippen LogP contribution in [-0.2, 0) is 6.42 Å². The van der Waals surface area contributed by atoms with E-state index < -0.39 is 5.56 Å². The van der Waals surface area contributed by atoms with Crippen LogP contribution in [-0.4, -0.2) is 20.9 Å². The summed E-state index contributed by atoms with van der Waals surface area (Å²) in [7, 11) is 0. The van der Waals surface area contributed by atoms with E-state index in [1.165, 1.54) is 16.3 Å². The number of H-pyrrole nitrogens is 1. The molecule has 0 atom stereocenters. The van der Waals surface area contributed by atoms with Crippen LogP contribution in [0.3, 0.4) is 0 Å². The molecule has 1 heterocycles. The lowest BCUT2D eigenvalue weighted by atomic mass is 10.1. The molecule has 0 unspecified atom stereocenters. The van der Waals surface area contributed by atoms with Crippen LogP contribution in [0, 0.1) is 4.77 Å². The van der Waals surface area contributed by atoms with Crippen molar-refractivity contribution in [2.45, 2.75) is 13.3 Å². The number of aromatic hydroxyl groups is 1. The van der Waals surface area contributed by atoms with E-state index in [0.717, 1.165) is 10.9 Å². The van der Waals surface area contributed by atoms with Gasteiger partial charge in [0.1, 0.15) is 5.56 Å². The molecule has 0 fully saturated rings. The van der Waals surface area contributed by atoms with Gasteiger partial charge < -0.3 is 5.11 Å². The summed E-state index contributed by atoms with van der Waals surface area (Å²) in [5, 5.41) is 10.6. The number of halogens is 1. The molecule has 26 heavy (non-hydrogen) atoms. The molecule has 0 aliphatic carbocycles. The zero-order chi connectivity index (χ0) is 18.7. The molecule has 0 amide bonds. The first-order chi connectivity index (χ1) is 12.5. The molecule has 0 aliphatic heterocycles. The van der Waals surface area contributed by atoms with Crippen molar-refractivity contribution in [2.75, 3.05) is 0 Å². The van der Waals surface area contributed by atoms with Crippen molar-refractivity contribution < 1.29 is 5.11 Å². The monoisotopic (exact) mass is 429 g/mol. The van der Waals surface area contributed by atoms with E-state index in [9.17, 15) is 9.90 Å². The number of aliphatic imine (C=N–C) groups is 1. The number of benzene rings is 2. The maximum Gasteiger partial charge on any atom is 0.264 e. The van der Waals surface area contributed by atoms with E-state index in [1.807, 2.05) is 36.4 Å². The summed E-state index contributed by atoms with van der Waals surface area (Å²) in [4.78, 5) is 19.1. The van der Waals surface area contributed by atoms with E-state index in [4.69, 9.17) is 12.2 Å². The van der Waals surface area contributed by atoms with Gasteiger partial charge in [-0.1, -0.05) is 41.1 Å². The summed E-state index contributed by atoms with van der Waals surface area (Å²) in [5.74, 6) is -0.248. The third-order valence-corrected chi connectivity index (χ3v) is 4.65. The summed E-state index contributed by atoms with van der Waals surface area (Å²) in [5.41, 5.74) is 2.03. The van der Waals surface area contributed by atoms with Gasteiger partial charge in [-0.2, -0.15) is 0 Å². The van der Waals surface area contributed by atoms with Crippen molar-refractivity contribution in [1.82, 2.24) is 9.55 Å². The van der Waals surface area contributed by atoms with Gasteiger partial charge in [-0.3, -0.25) is 19.3 Å². The van der Waals surface area contributed by atoms with Crippen molar-refractivity contribution in [3.8, 4) is 11.6 Å². The zero-order valence-electron chi connectivity index (χ0n) is 13.9. The van der Waals surface area contributed by atoms with Crippen molar-refractivity contribution in [3.05, 3.63) is 79.3 Å². The van der Waals surface area contributed by atoms with E-state index in [0.29, 0.717) is 11.4 Å². The van der Waals surface area contributed by atoms with Gasteiger partial charge in [-0.05, 0) is 54.5 Å². The molecule has 2 aromatic carbocycles. The number of nitrogens with one attached hydrogen (secondary N) is 1. The fourth-order valence-corrected chi connectivity index (χ4v) is 3.14. The van der Waals surface area contributed by atoms with E-state index in [2.05, 4.69) is 32.8 Å². The lowest BCUT2D eigenvalue weighted by molar-refractivity contribution is 0.432. The summed E-state index contributed by atoms with van der Waals surface area (Å²) in [6, 6.07) is 14.9. The lowest BCUT2D eigenvalue weighted by Crippen LogP contribution is -2.18. The molecular weight excluding hydrogens is 414 g/mol. The SMILES string of the molecule is CCc1ccc(-n2c(O)c(C=Nc3cccc(Br)c3)c(=O)[nH]c2=S)cc1. The highest BCUT2D eigenvalue weighted by Crippen LogP contribution is 2.21. The Hall–Kier alpha value is -2.51. The third kappa shape index (κ3) is 3.84. The zero-order valence-corrected chi connectivity index (χ0v) is 16.3. The van der Waals surface area contributed by atoms with Crippen molar-refractivity contribution in [2.24, 2.45) is 4.99 Å². The highest BCUT2D eigenvalue weighted by atomic mass is 79.9. The second-order valence-electron chi connectivity index (χ2n) is 5.59. The maximum absolute atomic E-state index is 12.2. The predicted molar refractivity (Wildman–Crippen MR) is 110 cm³/mol. The molecule has 0 spiro atoms. The number of hydrogen-bond donors (Lipinski definition) is 2. The second kappa shape index (κ2) is 7.80. The van der Waals surface area contributed by atoms with Gasteiger partial charge in [-0.15, -0.1) is 0 Å². The number of nitrogens with zero attached hydrogens (tertiary/aromatic N) is 2. The lowest BCUT2D eigenvalue weighted by Gasteiger charge is -2.11. The molecule has 1 aromatic heterocycles. The first-order valence-electron chi connectivity index (χ1n) is 7.97. The molecule has 132 valence electrons. The second-order valence-corrected chi connectivity index (χ2v) is 6.89.